The van der Waals surface area contributed by atoms with E-state index in [2.05, 4.69) is 32.1 Å². The molecule has 4 rings (SSSR count). The SMILES string of the molecule is Cc1c[nH]c2ncnc(N3C=C(C(=O)N[C@@H]4CCC[C@@H]4C)SCC3)c12. The molecule has 7 heteroatoms. The summed E-state index contributed by atoms with van der Waals surface area (Å²) in [6, 6.07) is 0.307. The van der Waals surface area contributed by atoms with Crippen molar-refractivity contribution in [1.29, 1.82) is 0 Å². The lowest BCUT2D eigenvalue weighted by Gasteiger charge is -2.26. The number of anilines is 1. The third-order valence-electron chi connectivity index (χ3n) is 5.18. The van der Waals surface area contributed by atoms with Gasteiger partial charge in [0.2, 0.25) is 0 Å². The van der Waals surface area contributed by atoms with E-state index in [4.69, 9.17) is 0 Å². The van der Waals surface area contributed by atoms with Crippen LogP contribution in [0.25, 0.3) is 11.0 Å². The van der Waals surface area contributed by atoms with Gasteiger partial charge in [0.25, 0.3) is 5.91 Å². The first kappa shape index (κ1) is 16.4. The van der Waals surface area contributed by atoms with Gasteiger partial charge < -0.3 is 15.2 Å². The number of H-pyrrole nitrogens is 1. The first-order valence-corrected chi connectivity index (χ1v) is 9.83. The molecule has 1 aliphatic heterocycles. The number of nitrogens with one attached hydrogen (secondary N) is 2. The third kappa shape index (κ3) is 3.13. The first-order chi connectivity index (χ1) is 12.1. The molecule has 2 N–H and O–H groups in total. The van der Waals surface area contributed by atoms with Gasteiger partial charge in [-0.1, -0.05) is 13.3 Å². The van der Waals surface area contributed by atoms with Crippen molar-refractivity contribution >= 4 is 34.5 Å². The van der Waals surface area contributed by atoms with Gasteiger partial charge in [-0.3, -0.25) is 4.79 Å². The Kier molecular flexibility index (Phi) is 4.41. The highest BCUT2D eigenvalue weighted by molar-refractivity contribution is 8.04. The summed E-state index contributed by atoms with van der Waals surface area (Å²) in [6.45, 7) is 5.10. The monoisotopic (exact) mass is 357 g/mol. The summed E-state index contributed by atoms with van der Waals surface area (Å²) in [5, 5.41) is 4.24. The molecule has 0 unspecified atom stereocenters. The van der Waals surface area contributed by atoms with Crippen LogP contribution in [-0.4, -0.2) is 39.2 Å². The lowest BCUT2D eigenvalue weighted by Crippen LogP contribution is -2.38. The molecule has 25 heavy (non-hydrogen) atoms. The zero-order valence-corrected chi connectivity index (χ0v) is 15.4. The van der Waals surface area contributed by atoms with E-state index in [-0.39, 0.29) is 5.91 Å². The van der Waals surface area contributed by atoms with Gasteiger partial charge in [-0.15, -0.1) is 11.8 Å². The lowest BCUT2D eigenvalue weighted by atomic mass is 10.1. The Hall–Kier alpha value is -2.02. The predicted octanol–water partition coefficient (Wildman–Crippen LogP) is 2.97. The van der Waals surface area contributed by atoms with E-state index >= 15 is 0 Å². The van der Waals surface area contributed by atoms with Crippen molar-refractivity contribution in [3.8, 4) is 0 Å². The number of nitrogens with zero attached hydrogens (tertiary/aromatic N) is 3. The van der Waals surface area contributed by atoms with Gasteiger partial charge in [0.15, 0.2) is 0 Å². The molecule has 3 heterocycles. The van der Waals surface area contributed by atoms with Crippen molar-refractivity contribution in [3.05, 3.63) is 29.2 Å². The number of hydrogen-bond donors (Lipinski definition) is 2. The topological polar surface area (TPSA) is 73.9 Å². The maximum absolute atomic E-state index is 12.7. The van der Waals surface area contributed by atoms with Crippen LogP contribution >= 0.6 is 11.8 Å². The minimum atomic E-state index is 0.0459. The number of rotatable bonds is 3. The number of carbonyl (C=O) groups is 1. The largest absolute Gasteiger partial charge is 0.349 e. The summed E-state index contributed by atoms with van der Waals surface area (Å²) in [5.74, 6) is 2.35. The maximum Gasteiger partial charge on any atom is 0.259 e. The second-order valence-electron chi connectivity index (χ2n) is 6.92. The zero-order valence-electron chi connectivity index (χ0n) is 14.6. The molecule has 0 radical (unpaired) electrons. The summed E-state index contributed by atoms with van der Waals surface area (Å²) in [4.78, 5) is 27.5. The van der Waals surface area contributed by atoms with E-state index in [1.165, 1.54) is 12.8 Å². The molecule has 0 bridgehead atoms. The average molecular weight is 357 g/mol. The van der Waals surface area contributed by atoms with Crippen LogP contribution in [-0.2, 0) is 4.79 Å². The fourth-order valence-electron chi connectivity index (χ4n) is 3.70. The molecular formula is C18H23N5OS. The van der Waals surface area contributed by atoms with Gasteiger partial charge in [0.05, 0.1) is 10.3 Å². The molecular weight excluding hydrogens is 334 g/mol. The van der Waals surface area contributed by atoms with E-state index in [0.717, 1.165) is 46.0 Å². The van der Waals surface area contributed by atoms with Gasteiger partial charge >= 0.3 is 0 Å². The Labute approximate surface area is 151 Å². The van der Waals surface area contributed by atoms with Gasteiger partial charge in [-0.2, -0.15) is 0 Å². The summed E-state index contributed by atoms with van der Waals surface area (Å²) in [6.07, 6.45) is 8.95. The van der Waals surface area contributed by atoms with Crippen LogP contribution in [0.1, 0.15) is 31.7 Å². The summed E-state index contributed by atoms with van der Waals surface area (Å²) in [5.41, 5.74) is 1.95. The van der Waals surface area contributed by atoms with Gasteiger partial charge in [-0.25, -0.2) is 9.97 Å². The third-order valence-corrected chi connectivity index (χ3v) is 6.17. The minimum absolute atomic E-state index is 0.0459. The second-order valence-corrected chi connectivity index (χ2v) is 8.05. The average Bonchev–Trinajstić information content (AvgIpc) is 3.21. The molecule has 2 aromatic heterocycles. The minimum Gasteiger partial charge on any atom is -0.349 e. The predicted molar refractivity (Wildman–Crippen MR) is 101 cm³/mol. The van der Waals surface area contributed by atoms with Crippen LogP contribution in [0, 0.1) is 12.8 Å². The number of fused-ring (bicyclic) bond motifs is 1. The summed E-state index contributed by atoms with van der Waals surface area (Å²) >= 11 is 1.62. The van der Waals surface area contributed by atoms with E-state index in [1.54, 1.807) is 18.1 Å². The van der Waals surface area contributed by atoms with Crippen LogP contribution in [0.3, 0.4) is 0 Å². The number of thioether (sulfide) groups is 1. The van der Waals surface area contributed by atoms with Crippen LogP contribution in [0.2, 0.25) is 0 Å². The molecule has 0 spiro atoms. The van der Waals surface area contributed by atoms with Crippen molar-refractivity contribution in [3.63, 3.8) is 0 Å². The van der Waals surface area contributed by atoms with Crippen molar-refractivity contribution in [2.45, 2.75) is 39.2 Å². The number of hydrogen-bond acceptors (Lipinski definition) is 5. The van der Waals surface area contributed by atoms with Gasteiger partial charge in [-0.05, 0) is 31.2 Å². The van der Waals surface area contributed by atoms with E-state index in [1.807, 2.05) is 19.3 Å². The Bertz CT molecular complexity index is 830. The number of carbonyl (C=O) groups excluding carboxylic acids is 1. The molecule has 0 saturated heterocycles. The first-order valence-electron chi connectivity index (χ1n) is 8.84. The van der Waals surface area contributed by atoms with Gasteiger partial charge in [0.1, 0.15) is 17.8 Å². The Morgan fingerprint density at radius 3 is 3.08 bits per heavy atom. The van der Waals surface area contributed by atoms with Crippen LogP contribution in [0.15, 0.2) is 23.6 Å². The van der Waals surface area contributed by atoms with Crippen LogP contribution < -0.4 is 10.2 Å². The van der Waals surface area contributed by atoms with Gasteiger partial charge in [0, 0.05) is 30.7 Å². The molecule has 6 nitrogen and oxygen atoms in total. The Balaban J connectivity index is 1.59. The molecule has 1 saturated carbocycles. The standard InChI is InChI=1S/C18H23N5OS/c1-11-4-3-5-13(11)22-18(24)14-9-23(6-7-25-14)17-15-12(2)8-19-16(15)20-10-21-17/h8-11,13H,3-7H2,1-2H3,(H,22,24)(H,19,20,21)/t11-,13+/m0/s1. The molecule has 2 atom stereocenters. The quantitative estimate of drug-likeness (QED) is 0.883. The highest BCUT2D eigenvalue weighted by Crippen LogP contribution is 2.31. The zero-order chi connectivity index (χ0) is 17.4. The smallest absolute Gasteiger partial charge is 0.259 e. The second kappa shape index (κ2) is 6.71. The molecule has 2 aliphatic rings. The van der Waals surface area contributed by atoms with Crippen molar-refractivity contribution in [2.24, 2.45) is 5.92 Å². The summed E-state index contributed by atoms with van der Waals surface area (Å²) in [7, 11) is 0. The van der Waals surface area contributed by atoms with E-state index in [9.17, 15) is 4.79 Å². The van der Waals surface area contributed by atoms with Crippen molar-refractivity contribution in [1.82, 2.24) is 20.3 Å². The molecule has 1 aliphatic carbocycles. The number of amides is 1. The highest BCUT2D eigenvalue weighted by Gasteiger charge is 2.27. The Morgan fingerprint density at radius 2 is 2.28 bits per heavy atom. The molecule has 132 valence electrons. The number of aryl methyl sites for hydroxylation is 1. The highest BCUT2D eigenvalue weighted by atomic mass is 32.2. The normalized spacial score (nSPS) is 23.8. The fraction of sp³-hybridized carbons (Fsp3) is 0.500. The molecule has 1 fully saturated rings. The van der Waals surface area contributed by atoms with Crippen molar-refractivity contribution < 1.29 is 4.79 Å². The molecule has 2 aromatic rings. The maximum atomic E-state index is 12.7. The Morgan fingerprint density at radius 1 is 1.40 bits per heavy atom. The number of aromatic amines is 1. The van der Waals surface area contributed by atoms with E-state index in [0.29, 0.717) is 12.0 Å². The fourth-order valence-corrected chi connectivity index (χ4v) is 4.60. The summed E-state index contributed by atoms with van der Waals surface area (Å²) < 4.78 is 0. The molecule has 1 amide bonds. The van der Waals surface area contributed by atoms with Crippen LogP contribution in [0.5, 0.6) is 0 Å². The number of aromatic nitrogens is 3. The van der Waals surface area contributed by atoms with E-state index < -0.39 is 0 Å². The molecule has 0 aromatic carbocycles. The van der Waals surface area contributed by atoms with Crippen molar-refractivity contribution in [2.75, 3.05) is 17.2 Å². The lowest BCUT2D eigenvalue weighted by molar-refractivity contribution is -0.117. The van der Waals surface area contributed by atoms with Crippen LogP contribution in [0.4, 0.5) is 5.82 Å².